The Morgan fingerprint density at radius 3 is 2.62 bits per heavy atom. The molecule has 4 nitrogen and oxygen atoms in total. The second-order valence-corrected chi connectivity index (χ2v) is 6.13. The van der Waals surface area contributed by atoms with E-state index < -0.39 is 0 Å². The number of anilines is 1. The number of nitrogens with zero attached hydrogens (tertiary/aromatic N) is 1. The summed E-state index contributed by atoms with van der Waals surface area (Å²) in [4.78, 5) is 2.26. The summed E-state index contributed by atoms with van der Waals surface area (Å²) in [5.74, 6) is 1.68. The first-order valence-corrected chi connectivity index (χ1v) is 8.60. The highest BCUT2D eigenvalue weighted by Crippen LogP contribution is 2.28. The number of morpholine rings is 1. The summed E-state index contributed by atoms with van der Waals surface area (Å²) in [6.07, 6.45) is 0.890. The Labute approximate surface area is 142 Å². The van der Waals surface area contributed by atoms with E-state index in [1.165, 1.54) is 6.07 Å². The molecule has 0 radical (unpaired) electrons. The molecule has 1 aromatic heterocycles. The van der Waals surface area contributed by atoms with Crippen molar-refractivity contribution in [3.05, 3.63) is 53.2 Å². The molecule has 1 aromatic carbocycles. The highest BCUT2D eigenvalue weighted by atomic mass is 19.1. The molecule has 24 heavy (non-hydrogen) atoms. The van der Waals surface area contributed by atoms with Crippen LogP contribution in [-0.2, 0) is 17.7 Å². The Bertz CT molecular complexity index is 665. The molecule has 0 amide bonds. The number of halogens is 1. The van der Waals surface area contributed by atoms with Crippen molar-refractivity contribution >= 4 is 5.69 Å². The minimum absolute atomic E-state index is 0.0220. The zero-order valence-electron chi connectivity index (χ0n) is 14.3. The van der Waals surface area contributed by atoms with Crippen LogP contribution in [0.3, 0.4) is 0 Å². The van der Waals surface area contributed by atoms with Crippen LogP contribution in [0.1, 0.15) is 37.0 Å². The van der Waals surface area contributed by atoms with Crippen molar-refractivity contribution in [1.29, 1.82) is 0 Å². The SMILES string of the molecule is CCc1ccc(CN[C@@H](C)c2cc(F)ccc2N2CCOCC2)o1. The van der Waals surface area contributed by atoms with E-state index in [1.807, 2.05) is 18.2 Å². The summed E-state index contributed by atoms with van der Waals surface area (Å²) < 4.78 is 24.9. The maximum Gasteiger partial charge on any atom is 0.123 e. The largest absolute Gasteiger partial charge is 0.465 e. The van der Waals surface area contributed by atoms with Gasteiger partial charge in [0.1, 0.15) is 17.3 Å². The van der Waals surface area contributed by atoms with E-state index >= 15 is 0 Å². The number of furan rings is 1. The molecule has 1 aliphatic heterocycles. The molecule has 0 bridgehead atoms. The van der Waals surface area contributed by atoms with Crippen LogP contribution in [0.25, 0.3) is 0 Å². The van der Waals surface area contributed by atoms with Gasteiger partial charge in [0.05, 0.1) is 19.8 Å². The van der Waals surface area contributed by atoms with Gasteiger partial charge in [0, 0.05) is 31.2 Å². The summed E-state index contributed by atoms with van der Waals surface area (Å²) >= 11 is 0. The fourth-order valence-corrected chi connectivity index (χ4v) is 3.04. The van der Waals surface area contributed by atoms with E-state index in [-0.39, 0.29) is 11.9 Å². The first-order valence-electron chi connectivity index (χ1n) is 8.60. The fourth-order valence-electron chi connectivity index (χ4n) is 3.04. The van der Waals surface area contributed by atoms with E-state index in [4.69, 9.17) is 9.15 Å². The molecule has 3 rings (SSSR count). The Morgan fingerprint density at radius 1 is 1.17 bits per heavy atom. The summed E-state index contributed by atoms with van der Waals surface area (Å²) in [6.45, 7) is 7.85. The van der Waals surface area contributed by atoms with E-state index in [1.54, 1.807) is 6.07 Å². The third-order valence-corrected chi connectivity index (χ3v) is 4.46. The zero-order valence-corrected chi connectivity index (χ0v) is 14.3. The van der Waals surface area contributed by atoms with Crippen LogP contribution in [0.2, 0.25) is 0 Å². The average molecular weight is 332 g/mol. The first-order chi connectivity index (χ1) is 11.7. The maximum absolute atomic E-state index is 13.8. The lowest BCUT2D eigenvalue weighted by atomic mass is 10.0. The molecule has 1 N–H and O–H groups in total. The van der Waals surface area contributed by atoms with Crippen LogP contribution in [0, 0.1) is 5.82 Å². The van der Waals surface area contributed by atoms with Crippen molar-refractivity contribution < 1.29 is 13.5 Å². The molecule has 0 saturated carbocycles. The summed E-state index contributed by atoms with van der Waals surface area (Å²) in [5, 5.41) is 3.44. The van der Waals surface area contributed by atoms with Gasteiger partial charge in [-0.15, -0.1) is 0 Å². The lowest BCUT2D eigenvalue weighted by Gasteiger charge is -2.32. The van der Waals surface area contributed by atoms with E-state index in [0.717, 1.165) is 42.3 Å². The maximum atomic E-state index is 13.8. The van der Waals surface area contributed by atoms with Crippen molar-refractivity contribution in [1.82, 2.24) is 5.32 Å². The highest BCUT2D eigenvalue weighted by molar-refractivity contribution is 5.55. The molecule has 0 spiro atoms. The predicted molar refractivity (Wildman–Crippen MR) is 92.8 cm³/mol. The molecule has 0 unspecified atom stereocenters. The van der Waals surface area contributed by atoms with Gasteiger partial charge in [-0.3, -0.25) is 0 Å². The number of rotatable bonds is 6. The monoisotopic (exact) mass is 332 g/mol. The minimum atomic E-state index is -0.207. The quantitative estimate of drug-likeness (QED) is 0.876. The highest BCUT2D eigenvalue weighted by Gasteiger charge is 2.19. The fraction of sp³-hybridized carbons (Fsp3) is 0.474. The Morgan fingerprint density at radius 2 is 1.92 bits per heavy atom. The van der Waals surface area contributed by atoms with Gasteiger partial charge >= 0.3 is 0 Å². The van der Waals surface area contributed by atoms with Crippen LogP contribution in [0.15, 0.2) is 34.7 Å². The number of aryl methyl sites for hydroxylation is 1. The molecule has 2 aromatic rings. The second-order valence-electron chi connectivity index (χ2n) is 6.13. The summed E-state index contributed by atoms with van der Waals surface area (Å²) in [5.41, 5.74) is 2.05. The number of hydrogen-bond donors (Lipinski definition) is 1. The van der Waals surface area contributed by atoms with E-state index in [9.17, 15) is 4.39 Å². The predicted octanol–water partition coefficient (Wildman–Crippen LogP) is 3.67. The van der Waals surface area contributed by atoms with Gasteiger partial charge in [0.25, 0.3) is 0 Å². The Balaban J connectivity index is 1.72. The van der Waals surface area contributed by atoms with Crippen LogP contribution < -0.4 is 10.2 Å². The van der Waals surface area contributed by atoms with E-state index in [0.29, 0.717) is 19.8 Å². The van der Waals surface area contributed by atoms with Crippen LogP contribution >= 0.6 is 0 Å². The lowest BCUT2D eigenvalue weighted by molar-refractivity contribution is 0.122. The van der Waals surface area contributed by atoms with Gasteiger partial charge in [0.15, 0.2) is 0 Å². The standard InChI is InChI=1S/C19H25FN2O2/c1-3-16-5-6-17(24-16)13-21-14(2)18-12-15(20)4-7-19(18)22-8-10-23-11-9-22/h4-7,12,14,21H,3,8-11,13H2,1-2H3/t14-/m0/s1. The molecule has 130 valence electrons. The van der Waals surface area contributed by atoms with Crippen molar-refractivity contribution in [3.8, 4) is 0 Å². The van der Waals surface area contributed by atoms with E-state index in [2.05, 4.69) is 24.1 Å². The normalized spacial score (nSPS) is 16.4. The van der Waals surface area contributed by atoms with Gasteiger partial charge < -0.3 is 19.4 Å². The number of nitrogens with one attached hydrogen (secondary N) is 1. The van der Waals surface area contributed by atoms with Crippen molar-refractivity contribution in [2.45, 2.75) is 32.9 Å². The van der Waals surface area contributed by atoms with Crippen molar-refractivity contribution in [2.24, 2.45) is 0 Å². The van der Waals surface area contributed by atoms with Crippen molar-refractivity contribution in [2.75, 3.05) is 31.2 Å². The molecule has 2 heterocycles. The van der Waals surface area contributed by atoms with Gasteiger partial charge in [-0.2, -0.15) is 0 Å². The molecule has 1 fully saturated rings. The molecule has 1 aliphatic rings. The van der Waals surface area contributed by atoms with Gasteiger partial charge in [0.2, 0.25) is 0 Å². The molecular formula is C19H25FN2O2. The lowest BCUT2D eigenvalue weighted by Crippen LogP contribution is -2.37. The minimum Gasteiger partial charge on any atom is -0.465 e. The Hall–Kier alpha value is -1.85. The topological polar surface area (TPSA) is 37.6 Å². The van der Waals surface area contributed by atoms with Gasteiger partial charge in [-0.25, -0.2) is 4.39 Å². The molecule has 5 heteroatoms. The third-order valence-electron chi connectivity index (χ3n) is 4.46. The van der Waals surface area contributed by atoms with Crippen molar-refractivity contribution in [3.63, 3.8) is 0 Å². The van der Waals surface area contributed by atoms with Gasteiger partial charge in [-0.05, 0) is 42.8 Å². The van der Waals surface area contributed by atoms with Gasteiger partial charge in [-0.1, -0.05) is 6.92 Å². The number of ether oxygens (including phenoxy) is 1. The molecule has 1 atom stereocenters. The smallest absolute Gasteiger partial charge is 0.123 e. The first kappa shape index (κ1) is 17.0. The third kappa shape index (κ3) is 3.97. The van der Waals surface area contributed by atoms with Crippen LogP contribution in [-0.4, -0.2) is 26.3 Å². The van der Waals surface area contributed by atoms with Crippen LogP contribution in [0.5, 0.6) is 0 Å². The summed E-state index contributed by atoms with van der Waals surface area (Å²) in [6, 6.07) is 9.05. The molecule has 0 aliphatic carbocycles. The molecule has 1 saturated heterocycles. The number of hydrogen-bond acceptors (Lipinski definition) is 4. The second kappa shape index (κ2) is 7.81. The summed E-state index contributed by atoms with van der Waals surface area (Å²) in [7, 11) is 0. The zero-order chi connectivity index (χ0) is 16.9. The average Bonchev–Trinajstić information content (AvgIpc) is 3.08. The number of benzene rings is 1. The Kier molecular flexibility index (Phi) is 5.53. The molecular weight excluding hydrogens is 307 g/mol. The van der Waals surface area contributed by atoms with Crippen LogP contribution in [0.4, 0.5) is 10.1 Å².